The van der Waals surface area contributed by atoms with Crippen LogP contribution in [0.5, 0.6) is 0 Å². The Morgan fingerprint density at radius 2 is 2.00 bits per heavy atom. The van der Waals surface area contributed by atoms with Gasteiger partial charge in [0.15, 0.2) is 0 Å². The number of primary amides is 1. The van der Waals surface area contributed by atoms with E-state index in [4.69, 9.17) is 10.8 Å². The summed E-state index contributed by atoms with van der Waals surface area (Å²) in [6.07, 6.45) is 0.626. The molecule has 0 aliphatic rings. The number of rotatable bonds is 5. The highest BCUT2D eigenvalue weighted by molar-refractivity contribution is 5.79. The fourth-order valence-corrected chi connectivity index (χ4v) is 1.28. The zero-order chi connectivity index (χ0) is 11.4. The minimum Gasteiger partial charge on any atom is -0.396 e. The second-order valence-electron chi connectivity index (χ2n) is 4.72. The molecule has 0 spiro atoms. The summed E-state index contributed by atoms with van der Waals surface area (Å²) in [4.78, 5) is 10.9. The third kappa shape index (κ3) is 4.58. The van der Waals surface area contributed by atoms with E-state index in [1.165, 1.54) is 0 Å². The zero-order valence-electron chi connectivity index (χ0n) is 9.50. The smallest absolute Gasteiger partial charge is 0.234 e. The molecule has 4 nitrogen and oxygen atoms in total. The molecule has 2 atom stereocenters. The average Bonchev–Trinajstić information content (AvgIpc) is 2.01. The monoisotopic (exact) mass is 202 g/mol. The molecule has 0 saturated heterocycles. The molecule has 14 heavy (non-hydrogen) atoms. The fraction of sp³-hybridized carbons (Fsp3) is 0.900. The number of aliphatic hydroxyl groups is 1. The minimum atomic E-state index is -0.364. The highest BCUT2D eigenvalue weighted by atomic mass is 16.3. The lowest BCUT2D eigenvalue weighted by Gasteiger charge is -2.33. The van der Waals surface area contributed by atoms with Gasteiger partial charge in [0, 0.05) is 12.6 Å². The van der Waals surface area contributed by atoms with Crippen molar-refractivity contribution >= 4 is 5.91 Å². The van der Waals surface area contributed by atoms with Crippen molar-refractivity contribution in [3.05, 3.63) is 0 Å². The quantitative estimate of drug-likeness (QED) is 0.598. The number of nitrogens with one attached hydrogen (secondary N) is 1. The second-order valence-corrected chi connectivity index (χ2v) is 4.72. The zero-order valence-corrected chi connectivity index (χ0v) is 9.50. The molecule has 1 amide bonds. The van der Waals surface area contributed by atoms with Gasteiger partial charge in [0.2, 0.25) is 5.91 Å². The van der Waals surface area contributed by atoms with Gasteiger partial charge in [-0.2, -0.15) is 0 Å². The summed E-state index contributed by atoms with van der Waals surface area (Å²) in [6.45, 7) is 8.04. The number of carbonyl (C=O) groups is 1. The maximum Gasteiger partial charge on any atom is 0.234 e. The molecule has 0 fully saturated rings. The summed E-state index contributed by atoms with van der Waals surface area (Å²) in [5.74, 6) is -0.364. The molecule has 0 aromatic carbocycles. The van der Waals surface area contributed by atoms with Crippen molar-refractivity contribution in [1.82, 2.24) is 5.32 Å². The van der Waals surface area contributed by atoms with Crippen LogP contribution in [0, 0.1) is 5.41 Å². The van der Waals surface area contributed by atoms with Crippen molar-refractivity contribution in [2.24, 2.45) is 11.1 Å². The van der Waals surface area contributed by atoms with Gasteiger partial charge in [0.05, 0.1) is 6.04 Å². The van der Waals surface area contributed by atoms with E-state index in [1.807, 2.05) is 0 Å². The van der Waals surface area contributed by atoms with Crippen molar-refractivity contribution in [2.45, 2.75) is 46.2 Å². The highest BCUT2D eigenvalue weighted by Crippen LogP contribution is 2.21. The highest BCUT2D eigenvalue weighted by Gasteiger charge is 2.26. The Bertz CT molecular complexity index is 187. The van der Waals surface area contributed by atoms with E-state index in [0.29, 0.717) is 6.42 Å². The topological polar surface area (TPSA) is 75.3 Å². The van der Waals surface area contributed by atoms with Crippen LogP contribution in [0.25, 0.3) is 0 Å². The van der Waals surface area contributed by atoms with E-state index < -0.39 is 0 Å². The van der Waals surface area contributed by atoms with Crippen molar-refractivity contribution in [2.75, 3.05) is 6.61 Å². The van der Waals surface area contributed by atoms with E-state index >= 15 is 0 Å². The number of hydrogen-bond acceptors (Lipinski definition) is 3. The van der Waals surface area contributed by atoms with E-state index in [-0.39, 0.29) is 30.0 Å². The second kappa shape index (κ2) is 5.32. The lowest BCUT2D eigenvalue weighted by Crippen LogP contribution is -2.50. The van der Waals surface area contributed by atoms with Crippen LogP contribution in [0.4, 0.5) is 0 Å². The van der Waals surface area contributed by atoms with Crippen molar-refractivity contribution in [1.29, 1.82) is 0 Å². The van der Waals surface area contributed by atoms with Crippen LogP contribution >= 0.6 is 0 Å². The molecule has 4 N–H and O–H groups in total. The minimum absolute atomic E-state index is 0.00639. The summed E-state index contributed by atoms with van der Waals surface area (Å²) >= 11 is 0. The summed E-state index contributed by atoms with van der Waals surface area (Å²) in [5, 5.41) is 12.0. The number of amides is 1. The normalized spacial score (nSPS) is 16.4. The van der Waals surface area contributed by atoms with Crippen LogP contribution in [0.2, 0.25) is 0 Å². The molecule has 0 aliphatic heterocycles. The Morgan fingerprint density at radius 1 is 1.50 bits per heavy atom. The van der Waals surface area contributed by atoms with Crippen molar-refractivity contribution in [3.8, 4) is 0 Å². The molecule has 0 aromatic heterocycles. The van der Waals surface area contributed by atoms with E-state index in [9.17, 15) is 4.79 Å². The van der Waals surface area contributed by atoms with Gasteiger partial charge >= 0.3 is 0 Å². The lowest BCUT2D eigenvalue weighted by atomic mass is 9.84. The molecule has 0 aliphatic carbocycles. The average molecular weight is 202 g/mol. The number of nitrogens with two attached hydrogens (primary N) is 1. The predicted octanol–water partition coefficient (Wildman–Crippen LogP) is 0.247. The molecule has 0 bridgehead atoms. The molecule has 84 valence electrons. The van der Waals surface area contributed by atoms with E-state index in [1.54, 1.807) is 6.92 Å². The number of hydrogen-bond donors (Lipinski definition) is 3. The molecule has 0 radical (unpaired) electrons. The molecule has 0 aromatic rings. The van der Waals surface area contributed by atoms with Gasteiger partial charge in [-0.1, -0.05) is 20.8 Å². The standard InChI is InChI=1S/C10H22N2O2/c1-7(9(11)14)12-8(5-6-13)10(2,3)4/h7-8,12-13H,5-6H2,1-4H3,(H2,11,14). The first kappa shape index (κ1) is 13.4. The van der Waals surface area contributed by atoms with Crippen molar-refractivity contribution in [3.63, 3.8) is 0 Å². The Hall–Kier alpha value is -0.610. The van der Waals surface area contributed by atoms with Crippen LogP contribution in [0.1, 0.15) is 34.1 Å². The number of aliphatic hydroxyl groups excluding tert-OH is 1. The van der Waals surface area contributed by atoms with Gasteiger partial charge in [0.1, 0.15) is 0 Å². The van der Waals surface area contributed by atoms with Crippen molar-refractivity contribution < 1.29 is 9.90 Å². The maximum absolute atomic E-state index is 10.9. The SMILES string of the molecule is CC(NC(CCO)C(C)(C)C)C(N)=O. The fourth-order valence-electron chi connectivity index (χ4n) is 1.28. The van der Waals surface area contributed by atoms with Crippen LogP contribution < -0.4 is 11.1 Å². The van der Waals surface area contributed by atoms with Crippen LogP contribution in [-0.4, -0.2) is 29.7 Å². The molecular formula is C10H22N2O2. The Balaban J connectivity index is 4.30. The molecule has 2 unspecified atom stereocenters. The maximum atomic E-state index is 10.9. The third-order valence-electron chi connectivity index (χ3n) is 2.34. The first-order chi connectivity index (χ1) is 6.29. The molecule has 0 rings (SSSR count). The first-order valence-electron chi connectivity index (χ1n) is 4.95. The van der Waals surface area contributed by atoms with E-state index in [2.05, 4.69) is 26.1 Å². The largest absolute Gasteiger partial charge is 0.396 e. The van der Waals surface area contributed by atoms with Gasteiger partial charge < -0.3 is 16.2 Å². The third-order valence-corrected chi connectivity index (χ3v) is 2.34. The summed E-state index contributed by atoms with van der Waals surface area (Å²) in [7, 11) is 0. The summed E-state index contributed by atoms with van der Waals surface area (Å²) < 4.78 is 0. The molecule has 0 saturated carbocycles. The van der Waals surface area contributed by atoms with Gasteiger partial charge in [-0.15, -0.1) is 0 Å². The Labute approximate surface area is 85.9 Å². The lowest BCUT2D eigenvalue weighted by molar-refractivity contribution is -0.120. The number of carbonyl (C=O) groups excluding carboxylic acids is 1. The van der Waals surface area contributed by atoms with Gasteiger partial charge in [0.25, 0.3) is 0 Å². The molecular weight excluding hydrogens is 180 g/mol. The van der Waals surface area contributed by atoms with Gasteiger partial charge in [-0.05, 0) is 18.8 Å². The Morgan fingerprint density at radius 3 is 2.29 bits per heavy atom. The Kier molecular flexibility index (Phi) is 5.08. The summed E-state index contributed by atoms with van der Waals surface area (Å²) in [5.41, 5.74) is 5.17. The summed E-state index contributed by atoms with van der Waals surface area (Å²) in [6, 6.07) is -0.263. The molecule has 0 heterocycles. The van der Waals surface area contributed by atoms with Crippen LogP contribution in [-0.2, 0) is 4.79 Å². The van der Waals surface area contributed by atoms with Crippen LogP contribution in [0.3, 0.4) is 0 Å². The van der Waals surface area contributed by atoms with Crippen LogP contribution in [0.15, 0.2) is 0 Å². The predicted molar refractivity (Wildman–Crippen MR) is 56.7 cm³/mol. The first-order valence-corrected chi connectivity index (χ1v) is 4.95. The van der Waals surface area contributed by atoms with E-state index in [0.717, 1.165) is 0 Å². The van der Waals surface area contributed by atoms with Gasteiger partial charge in [-0.25, -0.2) is 0 Å². The van der Waals surface area contributed by atoms with Gasteiger partial charge in [-0.3, -0.25) is 4.79 Å². The molecule has 4 heteroatoms.